The summed E-state index contributed by atoms with van der Waals surface area (Å²) >= 11 is 10.6. The third kappa shape index (κ3) is 7.40. The first-order valence-electron chi connectivity index (χ1n) is 7.17. The zero-order valence-electron chi connectivity index (χ0n) is 13.8. The van der Waals surface area contributed by atoms with Gasteiger partial charge in [-0.3, -0.25) is 14.1 Å². The number of hydrogen-bond donors (Lipinski definition) is 5. The molecule has 5 N–H and O–H groups in total. The van der Waals surface area contributed by atoms with Crippen molar-refractivity contribution in [1.29, 1.82) is 0 Å². The molecule has 0 radical (unpaired) electrons. The van der Waals surface area contributed by atoms with Crippen LogP contribution < -0.4 is 5.69 Å². The highest BCUT2D eigenvalue weighted by Gasteiger charge is 2.46. The zero-order chi connectivity index (χ0) is 22.3. The first-order chi connectivity index (χ1) is 13.0. The molecule has 0 bridgehead atoms. The average Bonchev–Trinajstić information content (AvgIpc) is 2.88. The second-order valence-electron chi connectivity index (χ2n) is 5.50. The average molecular weight is 521 g/mol. The molecule has 2 unspecified atom stereocenters. The van der Waals surface area contributed by atoms with E-state index in [9.17, 15) is 27.8 Å². The molecule has 0 aromatic carbocycles. The molecular weight excluding hydrogens is 508 g/mol. The number of aromatic nitrogens is 2. The Hall–Kier alpha value is -0.310. The third-order valence-corrected chi connectivity index (χ3v) is 7.71. The van der Waals surface area contributed by atoms with E-state index >= 15 is 0 Å². The standard InChI is InChI=1S/C9H13ClFN2O12P3S/c10-5-3-13(8(14)12-7(5)29)6-1-2-9(11,23-6)4-22-27(18,19)25-28(20,21)24-26(15,16)17/h3,6H,1-2,4H2,(H,18,19)(H,20,21)(H,12,14,29)(H2,15,16,17)/t6-,9+/m1/s1. The summed E-state index contributed by atoms with van der Waals surface area (Å²) in [6, 6.07) is 0. The topological polar surface area (TPSA) is 207 Å². The van der Waals surface area contributed by atoms with Crippen LogP contribution in [0.3, 0.4) is 0 Å². The van der Waals surface area contributed by atoms with Crippen molar-refractivity contribution < 1.29 is 55.5 Å². The van der Waals surface area contributed by atoms with Crippen molar-refractivity contribution in [2.75, 3.05) is 6.61 Å². The smallest absolute Gasteiger partial charge is 0.320 e. The second-order valence-corrected chi connectivity index (χ2v) is 10.7. The van der Waals surface area contributed by atoms with Gasteiger partial charge in [0, 0.05) is 12.6 Å². The quantitative estimate of drug-likeness (QED) is 0.245. The van der Waals surface area contributed by atoms with E-state index in [-0.39, 0.29) is 16.1 Å². The van der Waals surface area contributed by atoms with Crippen LogP contribution in [0.1, 0.15) is 19.1 Å². The Morgan fingerprint density at radius 1 is 1.31 bits per heavy atom. The number of hydrogen-bond acceptors (Lipinski definition) is 9. The molecule has 1 aliphatic heterocycles. The molecule has 0 aliphatic carbocycles. The summed E-state index contributed by atoms with van der Waals surface area (Å²) in [6.45, 7) is -1.31. The molecular formula is C9H13ClFN2O12P3S. The van der Waals surface area contributed by atoms with Crippen LogP contribution in [0.5, 0.6) is 0 Å². The number of phosphoric ester groups is 1. The lowest BCUT2D eigenvalue weighted by Gasteiger charge is -2.23. The van der Waals surface area contributed by atoms with E-state index in [0.717, 1.165) is 10.8 Å². The molecule has 29 heavy (non-hydrogen) atoms. The minimum atomic E-state index is -5.73. The van der Waals surface area contributed by atoms with Crippen LogP contribution in [-0.4, -0.2) is 41.6 Å². The molecule has 0 saturated carbocycles. The number of nitrogens with one attached hydrogen (secondary N) is 1. The molecule has 1 aliphatic rings. The van der Waals surface area contributed by atoms with E-state index in [1.54, 1.807) is 0 Å². The molecule has 4 atom stereocenters. The summed E-state index contributed by atoms with van der Waals surface area (Å²) < 4.78 is 65.1. The van der Waals surface area contributed by atoms with Crippen molar-refractivity contribution in [3.8, 4) is 0 Å². The summed E-state index contributed by atoms with van der Waals surface area (Å²) in [6.07, 6.45) is -0.632. The molecule has 1 aromatic heterocycles. The van der Waals surface area contributed by atoms with Gasteiger partial charge >= 0.3 is 29.2 Å². The maximum atomic E-state index is 14.7. The van der Waals surface area contributed by atoms with Crippen LogP contribution in [0.2, 0.25) is 5.02 Å². The number of rotatable bonds is 8. The largest absolute Gasteiger partial charge is 0.490 e. The first-order valence-corrected chi connectivity index (χ1v) is 12.5. The number of ether oxygens (including phenoxy) is 1. The van der Waals surface area contributed by atoms with E-state index in [1.807, 2.05) is 0 Å². The molecule has 20 heteroatoms. The van der Waals surface area contributed by atoms with E-state index < -0.39 is 54.3 Å². The molecule has 1 fully saturated rings. The second kappa shape index (κ2) is 8.67. The Labute approximate surface area is 170 Å². The number of alkyl halides is 1. The maximum absolute atomic E-state index is 14.7. The van der Waals surface area contributed by atoms with Gasteiger partial charge in [0.1, 0.15) is 17.5 Å². The van der Waals surface area contributed by atoms with Crippen molar-refractivity contribution in [3.63, 3.8) is 0 Å². The van der Waals surface area contributed by atoms with E-state index in [0.29, 0.717) is 0 Å². The molecule has 2 rings (SSSR count). The lowest BCUT2D eigenvalue weighted by Crippen LogP contribution is -2.32. The maximum Gasteiger partial charge on any atom is 0.490 e. The van der Waals surface area contributed by atoms with E-state index in [1.165, 1.54) is 0 Å². The van der Waals surface area contributed by atoms with Crippen LogP contribution in [-0.2, 0) is 31.6 Å². The van der Waals surface area contributed by atoms with Crippen molar-refractivity contribution in [1.82, 2.24) is 9.55 Å². The van der Waals surface area contributed by atoms with Gasteiger partial charge in [0.2, 0.25) is 5.85 Å². The Balaban J connectivity index is 2.04. The fraction of sp³-hybridized carbons (Fsp3) is 0.556. The number of aromatic amines is 1. The Kier molecular flexibility index (Phi) is 7.46. The summed E-state index contributed by atoms with van der Waals surface area (Å²) in [4.78, 5) is 49.4. The first kappa shape index (κ1) is 25.0. The summed E-state index contributed by atoms with van der Waals surface area (Å²) in [5.41, 5.74) is -0.762. The van der Waals surface area contributed by atoms with E-state index in [4.69, 9.17) is 43.2 Å². The van der Waals surface area contributed by atoms with Gasteiger partial charge in [-0.2, -0.15) is 8.62 Å². The van der Waals surface area contributed by atoms with Gasteiger partial charge in [-0.25, -0.2) is 22.9 Å². The lowest BCUT2D eigenvalue weighted by molar-refractivity contribution is -0.175. The number of phosphoric acid groups is 3. The van der Waals surface area contributed by atoms with Crippen LogP contribution in [0.15, 0.2) is 11.0 Å². The number of halogens is 2. The zero-order valence-corrected chi connectivity index (χ0v) is 18.0. The van der Waals surface area contributed by atoms with Gasteiger partial charge in [-0.1, -0.05) is 23.8 Å². The molecule has 1 aromatic rings. The molecule has 166 valence electrons. The Morgan fingerprint density at radius 3 is 2.52 bits per heavy atom. The summed E-state index contributed by atoms with van der Waals surface area (Å²) in [5, 5.41) is -0.0205. The SMILES string of the molecule is O=c1[nH]c(=S)c(Cl)cn1[C@H]1CC[C@@](F)(COP(=O)(O)OP(=O)(O)OP(=O)(O)O)O1. The normalized spacial score (nSPS) is 26.8. The van der Waals surface area contributed by atoms with Crippen molar-refractivity contribution in [2.24, 2.45) is 0 Å². The van der Waals surface area contributed by atoms with Gasteiger partial charge < -0.3 is 24.3 Å². The van der Waals surface area contributed by atoms with Crippen LogP contribution in [0, 0.1) is 4.64 Å². The summed E-state index contributed by atoms with van der Waals surface area (Å²) in [5.74, 6) is -2.73. The number of H-pyrrole nitrogens is 1. The highest BCUT2D eigenvalue weighted by molar-refractivity contribution is 7.71. The minimum absolute atomic E-state index is 0.0205. The van der Waals surface area contributed by atoms with Crippen molar-refractivity contribution in [3.05, 3.63) is 26.3 Å². The van der Waals surface area contributed by atoms with Crippen molar-refractivity contribution >= 4 is 47.3 Å². The van der Waals surface area contributed by atoms with Gasteiger partial charge in [0.05, 0.1) is 5.02 Å². The van der Waals surface area contributed by atoms with Gasteiger partial charge in [0.15, 0.2) is 0 Å². The molecule has 2 heterocycles. The van der Waals surface area contributed by atoms with Gasteiger partial charge in [-0.15, -0.1) is 0 Å². The minimum Gasteiger partial charge on any atom is -0.320 e. The predicted molar refractivity (Wildman–Crippen MR) is 93.9 cm³/mol. The Bertz CT molecular complexity index is 1040. The van der Waals surface area contributed by atoms with E-state index in [2.05, 4.69) is 18.1 Å². The van der Waals surface area contributed by atoms with Crippen molar-refractivity contribution in [2.45, 2.75) is 24.9 Å². The number of nitrogens with zero attached hydrogens (tertiary/aromatic N) is 1. The third-order valence-electron chi connectivity index (χ3n) is 3.21. The predicted octanol–water partition coefficient (Wildman–Crippen LogP) is 1.88. The molecule has 0 amide bonds. The highest BCUT2D eigenvalue weighted by Crippen LogP contribution is 2.66. The molecule has 0 spiro atoms. The fourth-order valence-electron chi connectivity index (χ4n) is 2.16. The Morgan fingerprint density at radius 2 is 1.93 bits per heavy atom. The van der Waals surface area contributed by atoms with Gasteiger partial charge in [0.25, 0.3) is 0 Å². The van der Waals surface area contributed by atoms with Crippen LogP contribution in [0.25, 0.3) is 0 Å². The lowest BCUT2D eigenvalue weighted by atomic mass is 10.2. The molecule has 14 nitrogen and oxygen atoms in total. The fourth-order valence-corrected chi connectivity index (χ4v) is 5.50. The molecule has 1 saturated heterocycles. The highest BCUT2D eigenvalue weighted by atomic mass is 35.5. The van der Waals surface area contributed by atoms with Crippen LogP contribution >= 0.6 is 47.3 Å². The monoisotopic (exact) mass is 520 g/mol. The summed E-state index contributed by atoms with van der Waals surface area (Å²) in [7, 11) is -16.8. The van der Waals surface area contributed by atoms with Gasteiger partial charge in [-0.05, 0) is 6.42 Å². The van der Waals surface area contributed by atoms with Crippen LogP contribution in [0.4, 0.5) is 4.39 Å².